The van der Waals surface area contributed by atoms with Gasteiger partial charge in [-0.25, -0.2) is 9.78 Å². The topological polar surface area (TPSA) is 94.8 Å². The Balaban J connectivity index is 1.45. The lowest BCUT2D eigenvalue weighted by Crippen LogP contribution is -2.22. The number of thiazole rings is 1. The average molecular weight is 451 g/mol. The number of hydrogen-bond donors (Lipinski definition) is 0. The molecule has 0 saturated carbocycles. The van der Waals surface area contributed by atoms with E-state index in [0.717, 1.165) is 0 Å². The summed E-state index contributed by atoms with van der Waals surface area (Å²) in [5.74, 6) is -1.55. The summed E-state index contributed by atoms with van der Waals surface area (Å²) >= 11 is 7.66. The quantitative estimate of drug-likeness (QED) is 0.390. The lowest BCUT2D eigenvalue weighted by atomic mass is 9.83. The molecule has 4 aromatic rings. The lowest BCUT2D eigenvalue weighted by molar-refractivity contribution is 0.0467. The Labute approximate surface area is 183 Å². The van der Waals surface area contributed by atoms with Crippen LogP contribution in [0, 0.1) is 0 Å². The first-order valence-corrected chi connectivity index (χ1v) is 10.4. The van der Waals surface area contributed by atoms with E-state index in [1.165, 1.54) is 33.9 Å². The monoisotopic (exact) mass is 450 g/mol. The first-order valence-electron chi connectivity index (χ1n) is 9.09. The highest BCUT2D eigenvalue weighted by atomic mass is 35.5. The van der Waals surface area contributed by atoms with E-state index in [0.29, 0.717) is 10.5 Å². The van der Waals surface area contributed by atoms with Crippen molar-refractivity contribution in [3.05, 3.63) is 103 Å². The fourth-order valence-electron chi connectivity index (χ4n) is 3.48. The SMILES string of the molecule is O=C(OCc1cc(=O)n2ccsc2n1)c1ccc2c(c1Cl)C(=O)c1ccccc1C2=O. The van der Waals surface area contributed by atoms with Gasteiger partial charge >= 0.3 is 5.97 Å². The number of ketones is 2. The van der Waals surface area contributed by atoms with E-state index in [9.17, 15) is 19.2 Å². The van der Waals surface area contributed by atoms with E-state index in [1.54, 1.807) is 35.8 Å². The molecule has 0 saturated heterocycles. The van der Waals surface area contributed by atoms with Crippen molar-refractivity contribution in [1.82, 2.24) is 9.38 Å². The van der Waals surface area contributed by atoms with Gasteiger partial charge in [-0.1, -0.05) is 35.9 Å². The number of hydrogen-bond acceptors (Lipinski definition) is 7. The zero-order valence-electron chi connectivity index (χ0n) is 15.6. The summed E-state index contributed by atoms with van der Waals surface area (Å²) in [6.07, 6.45) is 1.61. The van der Waals surface area contributed by atoms with Crippen LogP contribution in [0.5, 0.6) is 0 Å². The fraction of sp³-hybridized carbons (Fsp3) is 0.0455. The number of carbonyl (C=O) groups excluding carboxylic acids is 3. The molecule has 1 aliphatic carbocycles. The fourth-order valence-corrected chi connectivity index (χ4v) is 4.55. The summed E-state index contributed by atoms with van der Waals surface area (Å²) < 4.78 is 6.66. The van der Waals surface area contributed by atoms with Gasteiger partial charge in [-0.2, -0.15) is 0 Å². The molecule has 1 aliphatic rings. The van der Waals surface area contributed by atoms with Gasteiger partial charge in [0.1, 0.15) is 6.61 Å². The summed E-state index contributed by atoms with van der Waals surface area (Å²) in [6.45, 7) is -0.244. The van der Waals surface area contributed by atoms with Crippen LogP contribution in [0.4, 0.5) is 0 Å². The molecule has 0 amide bonds. The molecule has 0 atom stereocenters. The lowest BCUT2D eigenvalue weighted by Gasteiger charge is -2.19. The number of benzene rings is 2. The Morgan fingerprint density at radius 3 is 2.55 bits per heavy atom. The van der Waals surface area contributed by atoms with E-state index in [-0.39, 0.29) is 50.9 Å². The Hall–Kier alpha value is -3.62. The van der Waals surface area contributed by atoms with Crippen molar-refractivity contribution in [3.8, 4) is 0 Å². The third-order valence-electron chi connectivity index (χ3n) is 4.96. The number of nitrogens with zero attached hydrogens (tertiary/aromatic N) is 2. The van der Waals surface area contributed by atoms with E-state index in [2.05, 4.69) is 4.98 Å². The van der Waals surface area contributed by atoms with E-state index >= 15 is 0 Å². The summed E-state index contributed by atoms with van der Waals surface area (Å²) in [6, 6.07) is 10.5. The number of aromatic nitrogens is 2. The molecule has 9 heteroatoms. The van der Waals surface area contributed by atoms with Crippen molar-refractivity contribution in [2.24, 2.45) is 0 Å². The van der Waals surface area contributed by atoms with Crippen LogP contribution in [0.3, 0.4) is 0 Å². The minimum Gasteiger partial charge on any atom is -0.456 e. The highest BCUT2D eigenvalue weighted by Crippen LogP contribution is 2.34. The van der Waals surface area contributed by atoms with Crippen molar-refractivity contribution in [2.75, 3.05) is 0 Å². The van der Waals surface area contributed by atoms with Crippen molar-refractivity contribution in [1.29, 1.82) is 0 Å². The standard InChI is InChI=1S/C22H11ClN2O5S/c23-18-15(21(29)30-10-11-9-16(26)25-7-8-31-22(25)24-11)6-5-14-17(18)20(28)13-4-2-1-3-12(13)19(14)27/h1-9H,10H2. The zero-order valence-corrected chi connectivity index (χ0v) is 17.2. The van der Waals surface area contributed by atoms with Crippen LogP contribution < -0.4 is 5.56 Å². The second-order valence-electron chi connectivity index (χ2n) is 6.77. The number of halogens is 1. The minimum absolute atomic E-state index is 0.0174. The molecule has 31 heavy (non-hydrogen) atoms. The number of esters is 1. The van der Waals surface area contributed by atoms with Crippen molar-refractivity contribution in [2.45, 2.75) is 6.61 Å². The van der Waals surface area contributed by atoms with Crippen LogP contribution in [0.15, 0.2) is 58.8 Å². The summed E-state index contributed by atoms with van der Waals surface area (Å²) in [7, 11) is 0. The molecule has 152 valence electrons. The molecule has 0 radical (unpaired) electrons. The Morgan fingerprint density at radius 1 is 1.03 bits per heavy atom. The number of fused-ring (bicyclic) bond motifs is 3. The van der Waals surface area contributed by atoms with Gasteiger partial charge < -0.3 is 4.74 Å². The number of carbonyl (C=O) groups is 3. The molecule has 0 bridgehead atoms. The molecule has 0 spiro atoms. The molecular weight excluding hydrogens is 440 g/mol. The van der Waals surface area contributed by atoms with Crippen molar-refractivity contribution >= 4 is 45.4 Å². The maximum atomic E-state index is 12.9. The molecule has 0 fully saturated rings. The summed E-state index contributed by atoms with van der Waals surface area (Å²) in [4.78, 5) is 55.1. The molecule has 0 N–H and O–H groups in total. The highest BCUT2D eigenvalue weighted by molar-refractivity contribution is 7.15. The van der Waals surface area contributed by atoms with Crippen LogP contribution in [0.25, 0.3) is 4.96 Å². The van der Waals surface area contributed by atoms with E-state index in [1.807, 2.05) is 0 Å². The zero-order chi connectivity index (χ0) is 21.7. The molecule has 2 heterocycles. The maximum absolute atomic E-state index is 12.9. The van der Waals surface area contributed by atoms with Crippen LogP contribution in [-0.4, -0.2) is 26.9 Å². The third-order valence-corrected chi connectivity index (χ3v) is 6.11. The van der Waals surface area contributed by atoms with Gasteiger partial charge in [0.2, 0.25) is 0 Å². The first-order chi connectivity index (χ1) is 15.0. The van der Waals surface area contributed by atoms with Crippen LogP contribution in [-0.2, 0) is 11.3 Å². The predicted molar refractivity (Wildman–Crippen MR) is 113 cm³/mol. The number of rotatable bonds is 3. The molecular formula is C22H11ClN2O5S. The van der Waals surface area contributed by atoms with Gasteiger partial charge in [0.15, 0.2) is 16.5 Å². The molecule has 2 aromatic carbocycles. The van der Waals surface area contributed by atoms with Gasteiger partial charge in [-0.05, 0) is 12.1 Å². The summed E-state index contributed by atoms with van der Waals surface area (Å²) in [5, 5.41) is 1.58. The van der Waals surface area contributed by atoms with Crippen LogP contribution >= 0.6 is 22.9 Å². The van der Waals surface area contributed by atoms with Crippen LogP contribution in [0.2, 0.25) is 5.02 Å². The van der Waals surface area contributed by atoms with Gasteiger partial charge in [0.05, 0.1) is 21.8 Å². The first kappa shape index (κ1) is 19.3. The van der Waals surface area contributed by atoms with Gasteiger partial charge in [0, 0.05) is 34.3 Å². The van der Waals surface area contributed by atoms with Crippen molar-refractivity contribution in [3.63, 3.8) is 0 Å². The smallest absolute Gasteiger partial charge is 0.340 e. The van der Waals surface area contributed by atoms with E-state index < -0.39 is 11.8 Å². The molecule has 5 rings (SSSR count). The van der Waals surface area contributed by atoms with Gasteiger partial charge in [-0.3, -0.25) is 18.8 Å². The number of ether oxygens (including phenoxy) is 1. The second-order valence-corrected chi connectivity index (χ2v) is 8.02. The Bertz CT molecular complexity index is 1490. The normalized spacial score (nSPS) is 12.5. The molecule has 0 unspecified atom stereocenters. The summed E-state index contributed by atoms with van der Waals surface area (Å²) in [5.41, 5.74) is 0.616. The van der Waals surface area contributed by atoms with E-state index in [4.69, 9.17) is 16.3 Å². The Morgan fingerprint density at radius 2 is 1.77 bits per heavy atom. The van der Waals surface area contributed by atoms with Crippen molar-refractivity contribution < 1.29 is 19.1 Å². The largest absolute Gasteiger partial charge is 0.456 e. The maximum Gasteiger partial charge on any atom is 0.340 e. The minimum atomic E-state index is -0.792. The third kappa shape index (κ3) is 3.08. The highest BCUT2D eigenvalue weighted by Gasteiger charge is 2.33. The molecule has 7 nitrogen and oxygen atoms in total. The predicted octanol–water partition coefficient (Wildman–Crippen LogP) is 3.54. The van der Waals surface area contributed by atoms with Gasteiger partial charge in [-0.15, -0.1) is 11.3 Å². The second kappa shape index (κ2) is 7.26. The molecule has 0 aliphatic heterocycles. The van der Waals surface area contributed by atoms with Crippen LogP contribution in [0.1, 0.15) is 47.9 Å². The van der Waals surface area contributed by atoms with Gasteiger partial charge in [0.25, 0.3) is 5.56 Å². The molecule has 2 aromatic heterocycles. The average Bonchev–Trinajstić information content (AvgIpc) is 3.25. The Kier molecular flexibility index (Phi) is 4.53.